The molecule has 5 nitrogen and oxygen atoms in total. The number of aromatic nitrogens is 4. The number of pyridine rings is 2. The first kappa shape index (κ1) is 30.7. The Hall–Kier alpha value is -7.11. The quantitative estimate of drug-likeness (QED) is 0.176. The maximum absolute atomic E-state index is 5.25. The number of nitrogens with zero attached hydrogens (tertiary/aromatic N) is 5. The lowest BCUT2D eigenvalue weighted by molar-refractivity contribution is 1.08. The Kier molecular flexibility index (Phi) is 7.47. The molecule has 0 radical (unpaired) electrons. The first-order chi connectivity index (χ1) is 26.2. The molecule has 3 aromatic heterocycles. The molecule has 0 N–H and O–H groups in total. The average molecular weight is 678 g/mol. The molecule has 10 rings (SSSR count). The molecule has 248 valence electrons. The molecule has 5 aromatic carbocycles. The minimum Gasteiger partial charge on any atom is -0.255 e. The van der Waals surface area contributed by atoms with Crippen LogP contribution in [0, 0.1) is 0 Å². The van der Waals surface area contributed by atoms with Gasteiger partial charge in [-0.25, -0.2) is 19.9 Å². The summed E-state index contributed by atoms with van der Waals surface area (Å²) >= 11 is 0. The zero-order valence-corrected chi connectivity index (χ0v) is 28.6. The van der Waals surface area contributed by atoms with E-state index in [1.54, 1.807) is 6.20 Å². The van der Waals surface area contributed by atoms with Crippen molar-refractivity contribution in [2.24, 2.45) is 4.99 Å². The normalized spacial score (nSPS) is 14.2. The van der Waals surface area contributed by atoms with Crippen molar-refractivity contribution in [1.29, 1.82) is 0 Å². The van der Waals surface area contributed by atoms with Crippen LogP contribution < -0.4 is 0 Å². The first-order valence-corrected chi connectivity index (χ1v) is 17.8. The third-order valence-corrected chi connectivity index (χ3v) is 10.0. The van der Waals surface area contributed by atoms with E-state index < -0.39 is 0 Å². The lowest BCUT2D eigenvalue weighted by Crippen LogP contribution is -2.07. The van der Waals surface area contributed by atoms with Crippen molar-refractivity contribution in [2.75, 3.05) is 0 Å². The molecule has 1 aliphatic carbocycles. The van der Waals surface area contributed by atoms with Gasteiger partial charge in [-0.1, -0.05) is 146 Å². The molecule has 1 atom stereocenters. The Morgan fingerprint density at radius 1 is 0.434 bits per heavy atom. The Morgan fingerprint density at radius 3 is 1.89 bits per heavy atom. The Morgan fingerprint density at radius 2 is 1.09 bits per heavy atom. The van der Waals surface area contributed by atoms with Gasteiger partial charge in [0, 0.05) is 33.7 Å². The van der Waals surface area contributed by atoms with Gasteiger partial charge in [-0.2, -0.15) is 0 Å². The van der Waals surface area contributed by atoms with Gasteiger partial charge in [0.1, 0.15) is 0 Å². The van der Waals surface area contributed by atoms with Crippen molar-refractivity contribution in [1.82, 2.24) is 19.9 Å². The Balaban J connectivity index is 0.984. The standard InChI is InChI=1S/C48H31N5/c1-2-11-31(12-3-1)36-13-10-14-37(29-36)48-51-43(30-44(52-48)42-19-8-9-28-49-42)34-24-20-32(21-25-34)33-22-26-35(27-23-33)45-38-15-4-5-16-39(38)46-47(53-45)40-17-6-7-18-41(40)50-46/h1-30,40H/t40-/m0/s1. The van der Waals surface area contributed by atoms with Crippen LogP contribution in [0.15, 0.2) is 187 Å². The largest absolute Gasteiger partial charge is 0.255 e. The van der Waals surface area contributed by atoms with Crippen LogP contribution >= 0.6 is 0 Å². The van der Waals surface area contributed by atoms with Crippen LogP contribution in [0.4, 0.5) is 5.69 Å². The second-order valence-electron chi connectivity index (χ2n) is 13.3. The van der Waals surface area contributed by atoms with Crippen molar-refractivity contribution in [3.05, 3.63) is 188 Å². The first-order valence-electron chi connectivity index (χ1n) is 17.8. The third kappa shape index (κ3) is 5.65. The van der Waals surface area contributed by atoms with E-state index >= 15 is 0 Å². The molecule has 0 spiro atoms. The molecular weight excluding hydrogens is 647 g/mol. The summed E-state index contributed by atoms with van der Waals surface area (Å²) in [4.78, 5) is 24.9. The highest BCUT2D eigenvalue weighted by Gasteiger charge is 2.29. The predicted molar refractivity (Wildman–Crippen MR) is 216 cm³/mol. The fourth-order valence-corrected chi connectivity index (χ4v) is 7.31. The summed E-state index contributed by atoms with van der Waals surface area (Å²) in [7, 11) is 0. The molecular formula is C48H31N5. The summed E-state index contributed by atoms with van der Waals surface area (Å²) in [5.41, 5.74) is 14.0. The van der Waals surface area contributed by atoms with E-state index in [1.807, 2.05) is 36.4 Å². The maximum atomic E-state index is 5.25. The van der Waals surface area contributed by atoms with Crippen molar-refractivity contribution in [3.63, 3.8) is 0 Å². The Bertz CT molecular complexity index is 2750. The van der Waals surface area contributed by atoms with Gasteiger partial charge < -0.3 is 0 Å². The molecule has 8 aromatic rings. The summed E-state index contributed by atoms with van der Waals surface area (Å²) in [6.45, 7) is 0. The van der Waals surface area contributed by atoms with Gasteiger partial charge in [-0.3, -0.25) is 4.98 Å². The summed E-state index contributed by atoms with van der Waals surface area (Å²) in [6, 6.07) is 52.5. The summed E-state index contributed by atoms with van der Waals surface area (Å²) in [5, 5.41) is 2.25. The summed E-state index contributed by atoms with van der Waals surface area (Å²) < 4.78 is 0. The number of aliphatic imine (C=N–C) groups is 1. The van der Waals surface area contributed by atoms with E-state index in [9.17, 15) is 0 Å². The third-order valence-electron chi connectivity index (χ3n) is 10.0. The smallest absolute Gasteiger partial charge is 0.160 e. The van der Waals surface area contributed by atoms with Gasteiger partial charge in [0.05, 0.1) is 45.8 Å². The van der Waals surface area contributed by atoms with Gasteiger partial charge in [0.15, 0.2) is 5.82 Å². The lowest BCUT2D eigenvalue weighted by Gasteiger charge is -2.14. The zero-order valence-electron chi connectivity index (χ0n) is 28.6. The zero-order chi connectivity index (χ0) is 35.1. The molecule has 0 saturated carbocycles. The van der Waals surface area contributed by atoms with Gasteiger partial charge in [-0.05, 0) is 52.6 Å². The number of hydrogen-bond donors (Lipinski definition) is 0. The van der Waals surface area contributed by atoms with Crippen LogP contribution in [0.1, 0.15) is 11.6 Å². The number of benzene rings is 5. The molecule has 2 aliphatic rings. The van der Waals surface area contributed by atoms with E-state index in [1.165, 1.54) is 0 Å². The van der Waals surface area contributed by atoms with Crippen molar-refractivity contribution >= 4 is 22.2 Å². The maximum Gasteiger partial charge on any atom is 0.160 e. The Labute approximate surface area is 307 Å². The van der Waals surface area contributed by atoms with Crippen molar-refractivity contribution < 1.29 is 0 Å². The number of rotatable bonds is 6. The van der Waals surface area contributed by atoms with Crippen molar-refractivity contribution in [3.8, 4) is 67.5 Å². The topological polar surface area (TPSA) is 63.9 Å². The molecule has 5 heteroatoms. The molecule has 0 bridgehead atoms. The van der Waals surface area contributed by atoms with Gasteiger partial charge in [0.25, 0.3) is 0 Å². The van der Waals surface area contributed by atoms with Crippen molar-refractivity contribution in [2.45, 2.75) is 5.92 Å². The molecule has 1 aliphatic heterocycles. The lowest BCUT2D eigenvalue weighted by atomic mass is 9.93. The van der Waals surface area contributed by atoms with Crippen LogP contribution in [-0.2, 0) is 0 Å². The average Bonchev–Trinajstić information content (AvgIpc) is 3.63. The highest BCUT2D eigenvalue weighted by Crippen LogP contribution is 2.44. The van der Waals surface area contributed by atoms with Crippen LogP contribution in [-0.4, -0.2) is 25.6 Å². The minimum absolute atomic E-state index is 0.0987. The van der Waals surface area contributed by atoms with E-state index in [0.717, 1.165) is 89.6 Å². The highest BCUT2D eigenvalue weighted by molar-refractivity contribution is 6.13. The van der Waals surface area contributed by atoms with Crippen LogP contribution in [0.5, 0.6) is 0 Å². The number of fused-ring (bicyclic) bond motifs is 5. The highest BCUT2D eigenvalue weighted by atomic mass is 14.9. The molecule has 0 saturated heterocycles. The van der Waals surface area contributed by atoms with E-state index in [0.29, 0.717) is 5.82 Å². The SMILES string of the molecule is C1=CC2=Nc3c(nc(-c4ccc(-c5ccc(-c6cc(-c7ccccn7)nc(-c7cccc(-c8ccccc8)c7)n6)cc5)cc4)c4ccccc34)[C@H]2C=C1. The van der Waals surface area contributed by atoms with Gasteiger partial charge in [0.2, 0.25) is 0 Å². The van der Waals surface area contributed by atoms with Crippen LogP contribution in [0.25, 0.3) is 78.3 Å². The fraction of sp³-hybridized carbons (Fsp3) is 0.0208. The van der Waals surface area contributed by atoms with E-state index in [-0.39, 0.29) is 5.92 Å². The second kappa shape index (κ2) is 12.9. The predicted octanol–water partition coefficient (Wildman–Crippen LogP) is 11.7. The van der Waals surface area contributed by atoms with Gasteiger partial charge >= 0.3 is 0 Å². The van der Waals surface area contributed by atoms with E-state index in [2.05, 4.69) is 145 Å². The number of hydrogen-bond acceptors (Lipinski definition) is 5. The second-order valence-corrected chi connectivity index (χ2v) is 13.3. The van der Waals surface area contributed by atoms with Gasteiger partial charge in [-0.15, -0.1) is 0 Å². The monoisotopic (exact) mass is 677 g/mol. The molecule has 0 unspecified atom stereocenters. The van der Waals surface area contributed by atoms with Crippen LogP contribution in [0.2, 0.25) is 0 Å². The van der Waals surface area contributed by atoms with E-state index in [4.69, 9.17) is 19.9 Å². The molecule has 4 heterocycles. The summed E-state index contributed by atoms with van der Waals surface area (Å²) in [5.74, 6) is 0.758. The van der Waals surface area contributed by atoms with Crippen LogP contribution in [0.3, 0.4) is 0 Å². The summed E-state index contributed by atoms with van der Waals surface area (Å²) in [6.07, 6.45) is 10.2. The molecule has 0 fully saturated rings. The number of allylic oxidation sites excluding steroid dienone is 4. The molecule has 53 heavy (non-hydrogen) atoms. The molecule has 0 amide bonds. The fourth-order valence-electron chi connectivity index (χ4n) is 7.31. The minimum atomic E-state index is 0.0987.